The summed E-state index contributed by atoms with van der Waals surface area (Å²) in [6.07, 6.45) is 0. The molecule has 2 aromatic rings. The highest BCUT2D eigenvalue weighted by Gasteiger charge is 2.04. The first-order chi connectivity index (χ1) is 7.75. The molecule has 0 heterocycles. The third-order valence-electron chi connectivity index (χ3n) is 2.12. The molecular weight excluding hydrogens is 313 g/mol. The molecule has 0 spiro atoms. The number of halogens is 1. The van der Waals surface area contributed by atoms with Crippen LogP contribution in [0.4, 0.5) is 5.69 Å². The van der Waals surface area contributed by atoms with E-state index in [9.17, 15) is 4.79 Å². The molecule has 0 saturated heterocycles. The number of carbonyl (C=O) groups is 1. The maximum absolute atomic E-state index is 11.8. The predicted molar refractivity (Wildman–Crippen MR) is 73.6 cm³/mol. The van der Waals surface area contributed by atoms with E-state index in [4.69, 9.17) is 0 Å². The van der Waals surface area contributed by atoms with Crippen LogP contribution >= 0.6 is 22.6 Å². The molecule has 0 aliphatic rings. The minimum absolute atomic E-state index is 0.0809. The third kappa shape index (κ3) is 2.82. The van der Waals surface area contributed by atoms with E-state index in [2.05, 4.69) is 27.9 Å². The zero-order valence-corrected chi connectivity index (χ0v) is 10.6. The fraction of sp³-hybridized carbons (Fsp3) is 0. The zero-order valence-electron chi connectivity index (χ0n) is 8.48. The van der Waals surface area contributed by atoms with E-state index in [1.165, 1.54) is 0 Å². The van der Waals surface area contributed by atoms with E-state index >= 15 is 0 Å². The van der Waals surface area contributed by atoms with Crippen molar-refractivity contribution < 1.29 is 4.79 Å². The van der Waals surface area contributed by atoms with Gasteiger partial charge < -0.3 is 5.32 Å². The normalized spacial score (nSPS) is 9.81. The molecule has 0 aliphatic carbocycles. The quantitative estimate of drug-likeness (QED) is 0.842. The van der Waals surface area contributed by atoms with E-state index in [-0.39, 0.29) is 5.91 Å². The van der Waals surface area contributed by atoms with Gasteiger partial charge in [-0.25, -0.2) is 0 Å². The van der Waals surface area contributed by atoms with Gasteiger partial charge in [-0.2, -0.15) is 0 Å². The van der Waals surface area contributed by atoms with E-state index in [0.29, 0.717) is 5.56 Å². The first kappa shape index (κ1) is 11.1. The SMILES string of the molecule is O=C(Nc1cccc(I)c1)c1ccccc1. The van der Waals surface area contributed by atoms with E-state index < -0.39 is 0 Å². The monoisotopic (exact) mass is 323 g/mol. The molecular formula is C13H10INO. The molecule has 1 amide bonds. The summed E-state index contributed by atoms with van der Waals surface area (Å²) < 4.78 is 1.10. The van der Waals surface area contributed by atoms with Crippen LogP contribution < -0.4 is 5.32 Å². The second-order valence-electron chi connectivity index (χ2n) is 3.33. The van der Waals surface area contributed by atoms with Gasteiger partial charge in [0.15, 0.2) is 0 Å². The number of hydrogen-bond donors (Lipinski definition) is 1. The molecule has 2 rings (SSSR count). The average Bonchev–Trinajstić information content (AvgIpc) is 2.30. The Bertz CT molecular complexity index is 496. The van der Waals surface area contributed by atoms with Crippen molar-refractivity contribution in [3.63, 3.8) is 0 Å². The van der Waals surface area contributed by atoms with Gasteiger partial charge in [-0.05, 0) is 52.9 Å². The van der Waals surface area contributed by atoms with Gasteiger partial charge in [-0.15, -0.1) is 0 Å². The van der Waals surface area contributed by atoms with Crippen molar-refractivity contribution in [3.05, 3.63) is 63.7 Å². The summed E-state index contributed by atoms with van der Waals surface area (Å²) in [5.41, 5.74) is 1.49. The number of anilines is 1. The standard InChI is InChI=1S/C13H10INO/c14-11-7-4-8-12(9-11)15-13(16)10-5-2-1-3-6-10/h1-9H,(H,15,16). The Hall–Kier alpha value is -1.36. The maximum atomic E-state index is 11.8. The topological polar surface area (TPSA) is 29.1 Å². The van der Waals surface area contributed by atoms with Gasteiger partial charge in [0, 0.05) is 14.8 Å². The highest BCUT2D eigenvalue weighted by atomic mass is 127. The van der Waals surface area contributed by atoms with Crippen LogP contribution in [-0.4, -0.2) is 5.91 Å². The van der Waals surface area contributed by atoms with Crippen molar-refractivity contribution in [1.29, 1.82) is 0 Å². The van der Waals surface area contributed by atoms with Crippen LogP contribution in [0.5, 0.6) is 0 Å². The van der Waals surface area contributed by atoms with Crippen molar-refractivity contribution in [2.24, 2.45) is 0 Å². The summed E-state index contributed by atoms with van der Waals surface area (Å²) in [6.45, 7) is 0. The first-order valence-electron chi connectivity index (χ1n) is 4.88. The van der Waals surface area contributed by atoms with Crippen LogP contribution in [0.1, 0.15) is 10.4 Å². The molecule has 0 saturated carbocycles. The molecule has 3 heteroatoms. The summed E-state index contributed by atoms with van der Waals surface area (Å²) in [7, 11) is 0. The lowest BCUT2D eigenvalue weighted by molar-refractivity contribution is 0.102. The minimum Gasteiger partial charge on any atom is -0.322 e. The van der Waals surface area contributed by atoms with Crippen molar-refractivity contribution in [2.75, 3.05) is 5.32 Å². The van der Waals surface area contributed by atoms with Gasteiger partial charge in [0.1, 0.15) is 0 Å². The van der Waals surface area contributed by atoms with Gasteiger partial charge in [0.2, 0.25) is 0 Å². The molecule has 16 heavy (non-hydrogen) atoms. The number of carbonyl (C=O) groups excluding carboxylic acids is 1. The number of nitrogens with one attached hydrogen (secondary N) is 1. The number of rotatable bonds is 2. The lowest BCUT2D eigenvalue weighted by Gasteiger charge is -2.05. The molecule has 80 valence electrons. The van der Waals surface area contributed by atoms with Crippen LogP contribution in [0.2, 0.25) is 0 Å². The van der Waals surface area contributed by atoms with Crippen molar-refractivity contribution in [2.45, 2.75) is 0 Å². The van der Waals surface area contributed by atoms with Gasteiger partial charge >= 0.3 is 0 Å². The molecule has 1 N–H and O–H groups in total. The average molecular weight is 323 g/mol. The molecule has 0 fully saturated rings. The van der Waals surface area contributed by atoms with E-state index in [0.717, 1.165) is 9.26 Å². The van der Waals surface area contributed by atoms with Gasteiger partial charge in [-0.3, -0.25) is 4.79 Å². The Kier molecular flexibility index (Phi) is 3.56. The Morgan fingerprint density at radius 3 is 2.44 bits per heavy atom. The van der Waals surface area contributed by atoms with Crippen LogP contribution in [0, 0.1) is 3.57 Å². The minimum atomic E-state index is -0.0809. The third-order valence-corrected chi connectivity index (χ3v) is 2.79. The highest BCUT2D eigenvalue weighted by molar-refractivity contribution is 14.1. The second-order valence-corrected chi connectivity index (χ2v) is 4.58. The smallest absolute Gasteiger partial charge is 0.255 e. The zero-order chi connectivity index (χ0) is 11.4. The second kappa shape index (κ2) is 5.12. The Morgan fingerprint density at radius 1 is 1.00 bits per heavy atom. The van der Waals surface area contributed by atoms with Gasteiger partial charge in [-0.1, -0.05) is 24.3 Å². The van der Waals surface area contributed by atoms with Crippen molar-refractivity contribution in [3.8, 4) is 0 Å². The number of benzene rings is 2. The van der Waals surface area contributed by atoms with Gasteiger partial charge in [0.25, 0.3) is 5.91 Å². The Balaban J connectivity index is 2.14. The van der Waals surface area contributed by atoms with Gasteiger partial charge in [0.05, 0.1) is 0 Å². The largest absolute Gasteiger partial charge is 0.322 e. The number of amides is 1. The Morgan fingerprint density at radius 2 is 1.75 bits per heavy atom. The summed E-state index contributed by atoms with van der Waals surface area (Å²) in [5.74, 6) is -0.0809. The summed E-state index contributed by atoms with van der Waals surface area (Å²) in [4.78, 5) is 11.8. The fourth-order valence-corrected chi connectivity index (χ4v) is 1.90. The van der Waals surface area contributed by atoms with Crippen LogP contribution in [0.25, 0.3) is 0 Å². The molecule has 2 aromatic carbocycles. The summed E-state index contributed by atoms with van der Waals surface area (Å²) in [5, 5.41) is 2.86. The lowest BCUT2D eigenvalue weighted by atomic mass is 10.2. The molecule has 0 radical (unpaired) electrons. The summed E-state index contributed by atoms with van der Waals surface area (Å²) in [6, 6.07) is 16.9. The highest BCUT2D eigenvalue weighted by Crippen LogP contribution is 2.13. The summed E-state index contributed by atoms with van der Waals surface area (Å²) >= 11 is 2.22. The van der Waals surface area contributed by atoms with Crippen LogP contribution in [0.3, 0.4) is 0 Å². The molecule has 0 atom stereocenters. The molecule has 0 unspecified atom stereocenters. The van der Waals surface area contributed by atoms with E-state index in [1.807, 2.05) is 42.5 Å². The van der Waals surface area contributed by atoms with Crippen molar-refractivity contribution >= 4 is 34.2 Å². The first-order valence-corrected chi connectivity index (χ1v) is 5.95. The molecule has 0 aliphatic heterocycles. The van der Waals surface area contributed by atoms with E-state index in [1.54, 1.807) is 12.1 Å². The molecule has 0 bridgehead atoms. The fourth-order valence-electron chi connectivity index (χ4n) is 1.36. The van der Waals surface area contributed by atoms with Crippen LogP contribution in [-0.2, 0) is 0 Å². The maximum Gasteiger partial charge on any atom is 0.255 e. The van der Waals surface area contributed by atoms with Crippen molar-refractivity contribution in [1.82, 2.24) is 0 Å². The van der Waals surface area contributed by atoms with Crippen LogP contribution in [0.15, 0.2) is 54.6 Å². The molecule has 0 aromatic heterocycles. The lowest BCUT2D eigenvalue weighted by Crippen LogP contribution is -2.11. The Labute approximate surface area is 108 Å². The molecule has 2 nitrogen and oxygen atoms in total. The predicted octanol–water partition coefficient (Wildman–Crippen LogP) is 3.54. The number of hydrogen-bond acceptors (Lipinski definition) is 1.